The molecule has 5 nitrogen and oxygen atoms in total. The van der Waals surface area contributed by atoms with Crippen LogP contribution < -0.4 is 10.9 Å². The van der Waals surface area contributed by atoms with Gasteiger partial charge in [0.25, 0.3) is 5.56 Å². The monoisotopic (exact) mass is 389 g/mol. The lowest BCUT2D eigenvalue weighted by atomic mass is 10.0. The molecule has 0 radical (unpaired) electrons. The molecule has 0 spiro atoms. The van der Waals surface area contributed by atoms with Crippen LogP contribution in [0.3, 0.4) is 0 Å². The Morgan fingerprint density at radius 1 is 1.15 bits per heavy atom. The van der Waals surface area contributed by atoms with E-state index in [0.717, 1.165) is 12.8 Å². The van der Waals surface area contributed by atoms with Crippen molar-refractivity contribution in [3.8, 4) is 0 Å². The average Bonchev–Trinajstić information content (AvgIpc) is 2.59. The van der Waals surface area contributed by atoms with Crippen LogP contribution in [0, 0.1) is 5.92 Å². The van der Waals surface area contributed by atoms with Gasteiger partial charge in [-0.3, -0.25) is 14.2 Å². The minimum absolute atomic E-state index is 0.0184. The van der Waals surface area contributed by atoms with Crippen molar-refractivity contribution >= 4 is 28.6 Å². The molecule has 2 aromatic rings. The predicted octanol–water partition coefficient (Wildman–Crippen LogP) is 4.40. The number of fused-ring (bicyclic) bond motifs is 1. The zero-order chi connectivity index (χ0) is 20.0. The van der Waals surface area contributed by atoms with Gasteiger partial charge in [0, 0.05) is 12.1 Å². The van der Waals surface area contributed by atoms with Crippen molar-refractivity contribution in [2.24, 2.45) is 5.92 Å². The highest BCUT2D eigenvalue weighted by Gasteiger charge is 2.16. The summed E-state index contributed by atoms with van der Waals surface area (Å²) in [4.78, 5) is 29.7. The maximum absolute atomic E-state index is 12.8. The fourth-order valence-electron chi connectivity index (χ4n) is 3.03. The third kappa shape index (κ3) is 6.09. The number of para-hydroxylation sites is 1. The molecule has 0 fully saturated rings. The number of benzene rings is 1. The van der Waals surface area contributed by atoms with Gasteiger partial charge in [0.2, 0.25) is 5.91 Å². The maximum Gasteiger partial charge on any atom is 0.262 e. The van der Waals surface area contributed by atoms with Crippen molar-refractivity contribution < 1.29 is 4.79 Å². The average molecular weight is 390 g/mol. The molecule has 0 aliphatic heterocycles. The van der Waals surface area contributed by atoms with Crippen LogP contribution in [0.15, 0.2) is 34.2 Å². The van der Waals surface area contributed by atoms with Crippen LogP contribution in [0.1, 0.15) is 59.9 Å². The maximum atomic E-state index is 12.8. The van der Waals surface area contributed by atoms with Crippen molar-refractivity contribution in [3.63, 3.8) is 0 Å². The van der Waals surface area contributed by atoms with Gasteiger partial charge in [-0.1, -0.05) is 50.6 Å². The van der Waals surface area contributed by atoms with Gasteiger partial charge < -0.3 is 5.32 Å². The lowest BCUT2D eigenvalue weighted by Crippen LogP contribution is -2.34. The second kappa shape index (κ2) is 9.93. The molecule has 0 bridgehead atoms. The van der Waals surface area contributed by atoms with Gasteiger partial charge in [0.05, 0.1) is 16.7 Å². The molecule has 1 aromatic carbocycles. The van der Waals surface area contributed by atoms with E-state index in [1.54, 1.807) is 10.6 Å². The number of thioether (sulfide) groups is 1. The number of carbonyl (C=O) groups excluding carboxylic acids is 1. The minimum Gasteiger partial charge on any atom is -0.353 e. The molecule has 27 heavy (non-hydrogen) atoms. The molecular formula is C21H31N3O2S. The first-order valence-corrected chi connectivity index (χ1v) is 10.7. The first-order chi connectivity index (χ1) is 12.8. The summed E-state index contributed by atoms with van der Waals surface area (Å²) in [7, 11) is 0. The molecule has 0 saturated heterocycles. The Kier molecular flexibility index (Phi) is 7.90. The van der Waals surface area contributed by atoms with Crippen LogP contribution in [-0.4, -0.2) is 27.3 Å². The number of nitrogens with zero attached hydrogens (tertiary/aromatic N) is 2. The van der Waals surface area contributed by atoms with Gasteiger partial charge in [-0.25, -0.2) is 4.98 Å². The van der Waals surface area contributed by atoms with Gasteiger partial charge in [0.1, 0.15) is 0 Å². The Morgan fingerprint density at radius 3 is 2.52 bits per heavy atom. The van der Waals surface area contributed by atoms with E-state index < -0.39 is 0 Å². The summed E-state index contributed by atoms with van der Waals surface area (Å²) >= 11 is 1.32. The SMILES string of the molecule is CC(C)CCC[C@@H](C)NC(=O)CSc1nc2ccccc2c(=O)n1C(C)C. The number of carbonyl (C=O) groups is 1. The van der Waals surface area contributed by atoms with Crippen LogP contribution in [0.5, 0.6) is 0 Å². The normalized spacial score (nSPS) is 12.7. The molecule has 0 unspecified atom stereocenters. The molecule has 0 saturated carbocycles. The van der Waals surface area contributed by atoms with E-state index in [0.29, 0.717) is 22.0 Å². The standard InChI is InChI=1S/C21H31N3O2S/c1-14(2)9-8-10-16(5)22-19(25)13-27-21-23-18-12-7-6-11-17(18)20(26)24(21)15(3)4/h6-7,11-12,14-16H,8-10,13H2,1-5H3,(H,22,25)/t16-/m1/s1. The molecule has 1 aromatic heterocycles. The van der Waals surface area contributed by atoms with Crippen molar-refractivity contribution in [3.05, 3.63) is 34.6 Å². The highest BCUT2D eigenvalue weighted by Crippen LogP contribution is 2.20. The third-order valence-electron chi connectivity index (χ3n) is 4.45. The molecule has 0 aliphatic rings. The smallest absolute Gasteiger partial charge is 0.262 e. The van der Waals surface area contributed by atoms with Crippen molar-refractivity contribution in [2.75, 3.05) is 5.75 Å². The number of nitrogens with one attached hydrogen (secondary N) is 1. The van der Waals surface area contributed by atoms with E-state index >= 15 is 0 Å². The highest BCUT2D eigenvalue weighted by molar-refractivity contribution is 7.99. The van der Waals surface area contributed by atoms with E-state index in [2.05, 4.69) is 24.1 Å². The predicted molar refractivity (Wildman–Crippen MR) is 113 cm³/mol. The quantitative estimate of drug-likeness (QED) is 0.510. The molecule has 1 heterocycles. The molecule has 1 amide bonds. The Hall–Kier alpha value is -1.82. The summed E-state index contributed by atoms with van der Waals surface area (Å²) in [6, 6.07) is 7.49. The van der Waals surface area contributed by atoms with E-state index in [9.17, 15) is 9.59 Å². The van der Waals surface area contributed by atoms with Gasteiger partial charge in [-0.15, -0.1) is 0 Å². The Bertz CT molecular complexity index is 830. The zero-order valence-corrected chi connectivity index (χ0v) is 17.8. The number of rotatable bonds is 9. The van der Waals surface area contributed by atoms with E-state index in [-0.39, 0.29) is 29.3 Å². The second-order valence-corrected chi connectivity index (χ2v) is 8.70. The lowest BCUT2D eigenvalue weighted by Gasteiger charge is -2.17. The van der Waals surface area contributed by atoms with Crippen LogP contribution in [0.2, 0.25) is 0 Å². The second-order valence-electron chi connectivity index (χ2n) is 7.76. The number of amides is 1. The van der Waals surface area contributed by atoms with Crippen LogP contribution >= 0.6 is 11.8 Å². The van der Waals surface area contributed by atoms with Gasteiger partial charge in [-0.2, -0.15) is 0 Å². The van der Waals surface area contributed by atoms with Crippen molar-refractivity contribution in [1.82, 2.24) is 14.9 Å². The summed E-state index contributed by atoms with van der Waals surface area (Å²) in [5.41, 5.74) is 0.616. The highest BCUT2D eigenvalue weighted by atomic mass is 32.2. The van der Waals surface area contributed by atoms with Gasteiger partial charge in [-0.05, 0) is 45.2 Å². The van der Waals surface area contributed by atoms with Gasteiger partial charge in [0.15, 0.2) is 5.16 Å². The van der Waals surface area contributed by atoms with E-state index in [1.807, 2.05) is 39.0 Å². The van der Waals surface area contributed by atoms with Crippen LogP contribution in [-0.2, 0) is 4.79 Å². The number of aromatic nitrogens is 2. The summed E-state index contributed by atoms with van der Waals surface area (Å²) in [5.74, 6) is 0.927. The Labute approximate surface area is 166 Å². The minimum atomic E-state index is -0.0550. The summed E-state index contributed by atoms with van der Waals surface area (Å²) in [6.07, 6.45) is 3.28. The van der Waals surface area contributed by atoms with Crippen molar-refractivity contribution in [2.45, 2.75) is 71.1 Å². The Morgan fingerprint density at radius 2 is 1.85 bits per heavy atom. The molecule has 6 heteroatoms. The Balaban J connectivity index is 2.04. The van der Waals surface area contributed by atoms with E-state index in [4.69, 9.17) is 0 Å². The topological polar surface area (TPSA) is 64.0 Å². The van der Waals surface area contributed by atoms with Gasteiger partial charge >= 0.3 is 0 Å². The van der Waals surface area contributed by atoms with Crippen molar-refractivity contribution in [1.29, 1.82) is 0 Å². The molecule has 2 rings (SSSR count). The molecular weight excluding hydrogens is 358 g/mol. The largest absolute Gasteiger partial charge is 0.353 e. The first-order valence-electron chi connectivity index (χ1n) is 9.73. The third-order valence-corrected chi connectivity index (χ3v) is 5.40. The first kappa shape index (κ1) is 21.5. The summed E-state index contributed by atoms with van der Waals surface area (Å²) in [5, 5.41) is 4.25. The molecule has 148 valence electrons. The van der Waals surface area contributed by atoms with Crippen LogP contribution in [0.25, 0.3) is 10.9 Å². The summed E-state index contributed by atoms with van der Waals surface area (Å²) < 4.78 is 1.67. The lowest BCUT2D eigenvalue weighted by molar-refractivity contribution is -0.119. The van der Waals surface area contributed by atoms with Crippen LogP contribution in [0.4, 0.5) is 0 Å². The molecule has 1 N–H and O–H groups in total. The molecule has 0 aliphatic carbocycles. The fourth-order valence-corrected chi connectivity index (χ4v) is 3.97. The zero-order valence-electron chi connectivity index (χ0n) is 17.0. The molecule has 1 atom stereocenters. The summed E-state index contributed by atoms with van der Waals surface area (Å²) in [6.45, 7) is 10.4. The van der Waals surface area contributed by atoms with E-state index in [1.165, 1.54) is 18.2 Å². The number of hydrogen-bond donors (Lipinski definition) is 1. The number of hydrogen-bond acceptors (Lipinski definition) is 4. The fraction of sp³-hybridized carbons (Fsp3) is 0.571.